The van der Waals surface area contributed by atoms with Crippen LogP contribution >= 0.6 is 0 Å². The van der Waals surface area contributed by atoms with Crippen LogP contribution in [0.1, 0.15) is 0 Å². The van der Waals surface area contributed by atoms with Gasteiger partial charge in [0, 0.05) is 14.1 Å². The maximum atomic E-state index is 12.9. The zero-order chi connectivity index (χ0) is 14.8. The van der Waals surface area contributed by atoms with Crippen molar-refractivity contribution in [1.29, 1.82) is 0 Å². The molecular formula is C12H13FN4O2S. The number of nitrogens with zero attached hydrogens (tertiary/aromatic N) is 3. The van der Waals surface area contributed by atoms with Gasteiger partial charge in [-0.3, -0.25) is 4.31 Å². The summed E-state index contributed by atoms with van der Waals surface area (Å²) >= 11 is 0. The summed E-state index contributed by atoms with van der Waals surface area (Å²) in [6, 6.07) is 5.16. The van der Waals surface area contributed by atoms with Crippen molar-refractivity contribution in [1.82, 2.24) is 9.97 Å². The molecule has 8 heteroatoms. The lowest BCUT2D eigenvalue weighted by molar-refractivity contribution is 0.593. The summed E-state index contributed by atoms with van der Waals surface area (Å²) in [7, 11) is -0.755. The Morgan fingerprint density at radius 2 is 1.70 bits per heavy atom. The zero-order valence-corrected chi connectivity index (χ0v) is 11.7. The number of aromatic nitrogens is 2. The third kappa shape index (κ3) is 2.69. The minimum Gasteiger partial charge on any atom is -0.357 e. The van der Waals surface area contributed by atoms with Crippen LogP contribution in [0, 0.1) is 5.82 Å². The van der Waals surface area contributed by atoms with E-state index >= 15 is 0 Å². The Hall–Kier alpha value is -2.22. The summed E-state index contributed by atoms with van der Waals surface area (Å²) in [5, 5.41) is 2.70. The number of nitrogens with one attached hydrogen (secondary N) is 1. The predicted octanol–water partition coefficient (Wildman–Crippen LogP) is 1.48. The van der Waals surface area contributed by atoms with Gasteiger partial charge in [-0.25, -0.2) is 22.8 Å². The number of hydrogen-bond acceptors (Lipinski definition) is 5. The molecule has 0 saturated carbocycles. The number of benzene rings is 1. The molecule has 6 nitrogen and oxygen atoms in total. The number of hydrogen-bond donors (Lipinski definition) is 1. The van der Waals surface area contributed by atoms with E-state index in [4.69, 9.17) is 0 Å². The van der Waals surface area contributed by atoms with Crippen LogP contribution in [0.15, 0.2) is 41.6 Å². The molecule has 0 spiro atoms. The Bertz CT molecular complexity index is 686. The van der Waals surface area contributed by atoms with Crippen molar-refractivity contribution in [3.63, 3.8) is 0 Å². The molecule has 0 aliphatic heterocycles. The van der Waals surface area contributed by atoms with Crippen LogP contribution < -0.4 is 9.62 Å². The number of anilines is 2. The molecule has 20 heavy (non-hydrogen) atoms. The normalized spacial score (nSPS) is 11.2. The first-order chi connectivity index (χ1) is 9.45. The van der Waals surface area contributed by atoms with Gasteiger partial charge in [0.25, 0.3) is 10.0 Å². The van der Waals surface area contributed by atoms with Crippen LogP contribution in [0.5, 0.6) is 0 Å². The molecule has 1 N–H and O–H groups in total. The van der Waals surface area contributed by atoms with Gasteiger partial charge in [-0.05, 0) is 24.3 Å². The summed E-state index contributed by atoms with van der Waals surface area (Å²) in [4.78, 5) is 7.69. The molecule has 0 bridgehead atoms. The van der Waals surface area contributed by atoms with Crippen LogP contribution in [0.2, 0.25) is 0 Å². The quantitative estimate of drug-likeness (QED) is 0.925. The highest BCUT2D eigenvalue weighted by Crippen LogP contribution is 2.21. The van der Waals surface area contributed by atoms with Crippen molar-refractivity contribution in [2.75, 3.05) is 23.7 Å². The lowest BCUT2D eigenvalue weighted by Gasteiger charge is -2.19. The van der Waals surface area contributed by atoms with Gasteiger partial charge in [0.15, 0.2) is 0 Å². The molecule has 1 heterocycles. The third-order valence-electron chi connectivity index (χ3n) is 2.70. The molecule has 0 aliphatic carbocycles. The summed E-state index contributed by atoms with van der Waals surface area (Å²) in [6.07, 6.45) is 2.43. The van der Waals surface area contributed by atoms with E-state index < -0.39 is 15.8 Å². The van der Waals surface area contributed by atoms with E-state index in [-0.39, 0.29) is 4.90 Å². The topological polar surface area (TPSA) is 75.2 Å². The molecule has 0 radical (unpaired) electrons. The van der Waals surface area contributed by atoms with Crippen LogP contribution in [-0.2, 0) is 10.0 Å². The molecule has 0 aliphatic rings. The molecule has 1 aromatic carbocycles. The Kier molecular flexibility index (Phi) is 3.84. The number of halogens is 1. The van der Waals surface area contributed by atoms with Crippen molar-refractivity contribution in [3.05, 3.63) is 42.5 Å². The molecule has 0 amide bonds. The average Bonchev–Trinajstić information content (AvgIpc) is 2.47. The molecule has 2 aromatic rings. The minimum atomic E-state index is -3.77. The largest absolute Gasteiger partial charge is 0.357 e. The average molecular weight is 296 g/mol. The second kappa shape index (κ2) is 5.41. The van der Waals surface area contributed by atoms with Crippen LogP contribution in [0.3, 0.4) is 0 Å². The Labute approximate surface area is 116 Å². The van der Waals surface area contributed by atoms with Gasteiger partial charge in [-0.1, -0.05) is 0 Å². The highest BCUT2D eigenvalue weighted by atomic mass is 32.2. The van der Waals surface area contributed by atoms with Crippen LogP contribution in [-0.4, -0.2) is 32.5 Å². The van der Waals surface area contributed by atoms with Crippen molar-refractivity contribution in [2.45, 2.75) is 4.90 Å². The molecule has 1 aromatic heterocycles. The van der Waals surface area contributed by atoms with E-state index in [1.54, 1.807) is 7.05 Å². The van der Waals surface area contributed by atoms with Crippen molar-refractivity contribution < 1.29 is 12.8 Å². The first-order valence-corrected chi connectivity index (χ1v) is 7.13. The molecule has 0 saturated heterocycles. The van der Waals surface area contributed by atoms with Gasteiger partial charge in [0.2, 0.25) is 5.95 Å². The highest BCUT2D eigenvalue weighted by molar-refractivity contribution is 7.92. The summed E-state index contributed by atoms with van der Waals surface area (Å²) < 4.78 is 38.6. The minimum absolute atomic E-state index is 0.0386. The van der Waals surface area contributed by atoms with Gasteiger partial charge in [0.05, 0.1) is 18.1 Å². The maximum Gasteiger partial charge on any atom is 0.267 e. The molecule has 2 rings (SSSR count). The SMILES string of the molecule is CNc1ncc(S(=O)(=O)N(C)c2ccc(F)cc2)cn1. The van der Waals surface area contributed by atoms with E-state index in [0.717, 1.165) is 4.31 Å². The zero-order valence-electron chi connectivity index (χ0n) is 10.9. The van der Waals surface area contributed by atoms with E-state index in [1.807, 2.05) is 0 Å². The standard InChI is InChI=1S/C12H13FN4O2S/c1-14-12-15-7-11(8-16-12)20(18,19)17(2)10-5-3-9(13)4-6-10/h3-8H,1-2H3,(H,14,15,16). The first kappa shape index (κ1) is 14.2. The molecule has 0 fully saturated rings. The third-order valence-corrected chi connectivity index (χ3v) is 4.44. The second-order valence-corrected chi connectivity index (χ2v) is 5.91. The Morgan fingerprint density at radius 1 is 1.15 bits per heavy atom. The van der Waals surface area contributed by atoms with E-state index in [2.05, 4.69) is 15.3 Å². The second-order valence-electron chi connectivity index (χ2n) is 3.94. The summed E-state index contributed by atoms with van der Waals surface area (Å²) in [5.74, 6) is -0.102. The van der Waals surface area contributed by atoms with E-state index in [0.29, 0.717) is 11.6 Å². The monoisotopic (exact) mass is 296 g/mol. The van der Waals surface area contributed by atoms with Crippen LogP contribution in [0.25, 0.3) is 0 Å². The summed E-state index contributed by atoms with van der Waals surface area (Å²) in [6.45, 7) is 0. The van der Waals surface area contributed by atoms with Crippen LogP contribution in [0.4, 0.5) is 16.0 Å². The fraction of sp³-hybridized carbons (Fsp3) is 0.167. The number of rotatable bonds is 4. The molecule has 0 atom stereocenters. The van der Waals surface area contributed by atoms with E-state index in [9.17, 15) is 12.8 Å². The fourth-order valence-corrected chi connectivity index (χ4v) is 2.61. The molecule has 0 unspecified atom stereocenters. The summed E-state index contributed by atoms with van der Waals surface area (Å²) in [5.41, 5.74) is 0.351. The highest BCUT2D eigenvalue weighted by Gasteiger charge is 2.22. The smallest absolute Gasteiger partial charge is 0.267 e. The maximum absolute atomic E-state index is 12.9. The fourth-order valence-electron chi connectivity index (χ4n) is 1.53. The Morgan fingerprint density at radius 3 is 2.20 bits per heavy atom. The number of sulfonamides is 1. The van der Waals surface area contributed by atoms with Gasteiger partial charge in [-0.2, -0.15) is 0 Å². The Balaban J connectivity index is 2.35. The first-order valence-electron chi connectivity index (χ1n) is 5.69. The van der Waals surface area contributed by atoms with E-state index in [1.165, 1.54) is 43.7 Å². The van der Waals surface area contributed by atoms with Crippen molar-refractivity contribution >= 4 is 21.7 Å². The predicted molar refractivity (Wildman–Crippen MR) is 73.6 cm³/mol. The lowest BCUT2D eigenvalue weighted by atomic mass is 10.3. The lowest BCUT2D eigenvalue weighted by Crippen LogP contribution is -2.26. The van der Waals surface area contributed by atoms with Gasteiger partial charge < -0.3 is 5.32 Å². The van der Waals surface area contributed by atoms with Gasteiger partial charge >= 0.3 is 0 Å². The van der Waals surface area contributed by atoms with Crippen molar-refractivity contribution in [3.8, 4) is 0 Å². The van der Waals surface area contributed by atoms with Gasteiger partial charge in [-0.15, -0.1) is 0 Å². The van der Waals surface area contributed by atoms with Crippen molar-refractivity contribution in [2.24, 2.45) is 0 Å². The van der Waals surface area contributed by atoms with Gasteiger partial charge in [0.1, 0.15) is 10.7 Å². The molecule has 106 valence electrons. The molecular weight excluding hydrogens is 283 g/mol.